The maximum Gasteiger partial charge on any atom is 0.273 e. The van der Waals surface area contributed by atoms with Crippen LogP contribution in [0.1, 0.15) is 53.0 Å². The standard InChI is InChI=1S/C26H33F2N5O2S/c1-32-15-20-19(3-2-4-21(20)31-32)25(34)29-18-7-5-17(6-8-18)9-12-33-13-10-22-23(11-14-33)36-26(30-22)35-16-24(27)28/h2-4,15,17-18,24H,5-14,16H2,1H3,(H,29,34)/t17-,18-. The van der Waals surface area contributed by atoms with E-state index < -0.39 is 13.0 Å². The fourth-order valence-corrected chi connectivity index (χ4v) is 6.34. The zero-order chi connectivity index (χ0) is 25.1. The summed E-state index contributed by atoms with van der Waals surface area (Å²) < 4.78 is 31.6. The number of aryl methyl sites for hydroxylation is 1. The van der Waals surface area contributed by atoms with Crippen molar-refractivity contribution in [1.29, 1.82) is 0 Å². The highest BCUT2D eigenvalue weighted by Gasteiger charge is 2.25. The molecule has 1 aliphatic carbocycles. The van der Waals surface area contributed by atoms with Crippen molar-refractivity contribution in [2.24, 2.45) is 13.0 Å². The van der Waals surface area contributed by atoms with Gasteiger partial charge in [0.15, 0.2) is 6.61 Å². The van der Waals surface area contributed by atoms with E-state index in [1.54, 1.807) is 4.68 Å². The van der Waals surface area contributed by atoms with Crippen LogP contribution in [0.3, 0.4) is 0 Å². The second kappa shape index (κ2) is 11.2. The Hall–Kier alpha value is -2.59. The van der Waals surface area contributed by atoms with Crippen LogP contribution in [-0.2, 0) is 19.9 Å². The molecule has 10 heteroatoms. The summed E-state index contributed by atoms with van der Waals surface area (Å²) >= 11 is 1.41. The lowest BCUT2D eigenvalue weighted by atomic mass is 9.84. The van der Waals surface area contributed by atoms with Crippen molar-refractivity contribution in [3.63, 3.8) is 0 Å². The monoisotopic (exact) mass is 517 g/mol. The second-order valence-electron chi connectivity index (χ2n) is 9.91. The van der Waals surface area contributed by atoms with Crippen molar-refractivity contribution in [3.05, 3.63) is 40.5 Å². The molecule has 1 amide bonds. The van der Waals surface area contributed by atoms with E-state index in [1.807, 2.05) is 31.4 Å². The summed E-state index contributed by atoms with van der Waals surface area (Å²) in [5.74, 6) is 0.676. The summed E-state index contributed by atoms with van der Waals surface area (Å²) in [4.78, 5) is 21.0. The van der Waals surface area contributed by atoms with Gasteiger partial charge in [-0.3, -0.25) is 9.48 Å². The largest absolute Gasteiger partial charge is 0.464 e. The van der Waals surface area contributed by atoms with Gasteiger partial charge in [0, 0.05) is 49.1 Å². The van der Waals surface area contributed by atoms with E-state index in [1.165, 1.54) is 22.6 Å². The molecule has 5 rings (SSSR count). The van der Waals surface area contributed by atoms with Gasteiger partial charge in [-0.05, 0) is 63.1 Å². The number of nitrogens with zero attached hydrogens (tertiary/aromatic N) is 4. The molecule has 2 aromatic heterocycles. The first kappa shape index (κ1) is 25.1. The molecule has 3 aromatic rings. The number of hydrogen-bond acceptors (Lipinski definition) is 6. The van der Waals surface area contributed by atoms with Crippen molar-refractivity contribution in [1.82, 2.24) is 25.0 Å². The van der Waals surface area contributed by atoms with Crippen LogP contribution in [0.4, 0.5) is 8.78 Å². The fraction of sp³-hybridized carbons (Fsp3) is 0.577. The van der Waals surface area contributed by atoms with E-state index in [-0.39, 0.29) is 11.9 Å². The minimum Gasteiger partial charge on any atom is -0.464 e. The summed E-state index contributed by atoms with van der Waals surface area (Å²) in [5, 5.41) is 8.92. The van der Waals surface area contributed by atoms with Gasteiger partial charge in [-0.2, -0.15) is 5.10 Å². The minimum absolute atomic E-state index is 0.00884. The van der Waals surface area contributed by atoms with E-state index in [0.717, 1.165) is 74.8 Å². The highest BCUT2D eigenvalue weighted by Crippen LogP contribution is 2.30. The van der Waals surface area contributed by atoms with Crippen LogP contribution in [0.25, 0.3) is 10.9 Å². The number of ether oxygens (including phenoxy) is 1. The van der Waals surface area contributed by atoms with Crippen LogP contribution in [0, 0.1) is 5.92 Å². The number of hydrogen-bond donors (Lipinski definition) is 1. The van der Waals surface area contributed by atoms with Gasteiger partial charge in [0.2, 0.25) is 0 Å². The third-order valence-corrected chi connectivity index (χ3v) is 8.43. The Bertz CT molecular complexity index is 1160. The lowest BCUT2D eigenvalue weighted by molar-refractivity contribution is 0.0816. The molecular formula is C26H33F2N5O2S. The molecule has 1 fully saturated rings. The second-order valence-corrected chi connectivity index (χ2v) is 11.0. The van der Waals surface area contributed by atoms with Gasteiger partial charge < -0.3 is 15.0 Å². The lowest BCUT2D eigenvalue weighted by Gasteiger charge is -2.30. The molecule has 194 valence electrons. The van der Waals surface area contributed by atoms with Gasteiger partial charge in [0.1, 0.15) is 0 Å². The van der Waals surface area contributed by atoms with Crippen molar-refractivity contribution in [3.8, 4) is 5.19 Å². The predicted octanol–water partition coefficient (Wildman–Crippen LogP) is 4.45. The molecule has 1 N–H and O–H groups in total. The number of thiazole rings is 1. The quantitative estimate of drug-likeness (QED) is 0.478. The molecule has 0 radical (unpaired) electrons. The normalized spacial score (nSPS) is 20.9. The predicted molar refractivity (Wildman–Crippen MR) is 136 cm³/mol. The number of halogens is 2. The molecule has 1 aromatic carbocycles. The van der Waals surface area contributed by atoms with Gasteiger partial charge in [-0.15, -0.1) is 0 Å². The molecule has 0 saturated heterocycles. The van der Waals surface area contributed by atoms with E-state index in [9.17, 15) is 13.6 Å². The number of nitrogens with one attached hydrogen (secondary N) is 1. The van der Waals surface area contributed by atoms with Gasteiger partial charge in [0.25, 0.3) is 17.5 Å². The molecule has 0 unspecified atom stereocenters. The Balaban J connectivity index is 1.04. The van der Waals surface area contributed by atoms with Gasteiger partial charge >= 0.3 is 0 Å². The minimum atomic E-state index is -2.47. The number of amides is 1. The number of carbonyl (C=O) groups is 1. The van der Waals surface area contributed by atoms with E-state index in [4.69, 9.17) is 4.74 Å². The van der Waals surface area contributed by atoms with Crippen molar-refractivity contribution >= 4 is 28.1 Å². The number of alkyl halides is 2. The molecule has 36 heavy (non-hydrogen) atoms. The topological polar surface area (TPSA) is 72.3 Å². The summed E-state index contributed by atoms with van der Waals surface area (Å²) in [6.07, 6.45) is 6.63. The van der Waals surface area contributed by atoms with E-state index >= 15 is 0 Å². The summed E-state index contributed by atoms with van der Waals surface area (Å²) in [6, 6.07) is 5.92. The third-order valence-electron chi connectivity index (χ3n) is 7.36. The van der Waals surface area contributed by atoms with Crippen molar-refractivity contribution in [2.75, 3.05) is 26.2 Å². The SMILES string of the molecule is Cn1cc2c(C(=O)N[C@H]3CC[C@H](CCN4CCc5nc(OCC(F)F)sc5CC4)CC3)cccc2n1. The van der Waals surface area contributed by atoms with E-state index in [0.29, 0.717) is 16.7 Å². The smallest absolute Gasteiger partial charge is 0.273 e. The number of carbonyl (C=O) groups excluding carboxylic acids is 1. The molecule has 0 spiro atoms. The molecule has 3 heterocycles. The summed E-state index contributed by atoms with van der Waals surface area (Å²) in [5.41, 5.74) is 2.54. The zero-order valence-electron chi connectivity index (χ0n) is 20.6. The van der Waals surface area contributed by atoms with Crippen LogP contribution in [-0.4, -0.2) is 64.3 Å². The average molecular weight is 518 g/mol. The van der Waals surface area contributed by atoms with Crippen molar-refractivity contribution in [2.45, 2.75) is 57.4 Å². The Kier molecular flexibility index (Phi) is 7.81. The molecule has 1 aliphatic heterocycles. The molecule has 1 saturated carbocycles. The maximum absolute atomic E-state index is 12.9. The maximum atomic E-state index is 12.9. The average Bonchev–Trinajstić information content (AvgIpc) is 3.39. The Morgan fingerprint density at radius 1 is 1.22 bits per heavy atom. The van der Waals surface area contributed by atoms with Gasteiger partial charge in [-0.25, -0.2) is 13.8 Å². The number of rotatable bonds is 8. The molecule has 2 aliphatic rings. The first-order valence-electron chi connectivity index (χ1n) is 12.8. The van der Waals surface area contributed by atoms with E-state index in [2.05, 4.69) is 20.3 Å². The third kappa shape index (κ3) is 6.03. The Morgan fingerprint density at radius 2 is 2.03 bits per heavy atom. The Morgan fingerprint density at radius 3 is 2.83 bits per heavy atom. The van der Waals surface area contributed by atoms with Crippen LogP contribution in [0.2, 0.25) is 0 Å². The van der Waals surface area contributed by atoms with Gasteiger partial charge in [0.05, 0.1) is 16.8 Å². The van der Waals surface area contributed by atoms with Crippen LogP contribution >= 0.6 is 11.3 Å². The highest BCUT2D eigenvalue weighted by molar-refractivity contribution is 7.13. The van der Waals surface area contributed by atoms with Crippen LogP contribution < -0.4 is 10.1 Å². The number of fused-ring (bicyclic) bond motifs is 2. The number of aromatic nitrogens is 3. The zero-order valence-corrected chi connectivity index (χ0v) is 21.4. The first-order chi connectivity index (χ1) is 17.4. The fourth-order valence-electron chi connectivity index (χ4n) is 5.39. The van der Waals surface area contributed by atoms with Crippen molar-refractivity contribution < 1.29 is 18.3 Å². The number of benzene rings is 1. The molecule has 0 atom stereocenters. The van der Waals surface area contributed by atoms with Gasteiger partial charge in [-0.1, -0.05) is 17.4 Å². The Labute approximate surface area is 213 Å². The highest BCUT2D eigenvalue weighted by atomic mass is 32.1. The molecular weight excluding hydrogens is 484 g/mol. The summed E-state index contributed by atoms with van der Waals surface area (Å²) in [7, 11) is 1.87. The van der Waals surface area contributed by atoms with Crippen LogP contribution in [0.5, 0.6) is 5.19 Å². The summed E-state index contributed by atoms with van der Waals surface area (Å²) in [6.45, 7) is 2.38. The first-order valence-corrected chi connectivity index (χ1v) is 13.6. The van der Waals surface area contributed by atoms with Crippen LogP contribution in [0.15, 0.2) is 24.4 Å². The molecule has 0 bridgehead atoms. The molecule has 7 nitrogen and oxygen atoms in total. The lowest BCUT2D eigenvalue weighted by Crippen LogP contribution is -2.38.